The molecule has 98 valence electrons. The molecule has 1 unspecified atom stereocenters. The van der Waals surface area contributed by atoms with E-state index in [1.807, 2.05) is 0 Å². The first-order chi connectivity index (χ1) is 8.99. The lowest BCUT2D eigenvalue weighted by atomic mass is 10.1. The molecule has 2 N–H and O–H groups in total. The number of rotatable bonds is 3. The summed E-state index contributed by atoms with van der Waals surface area (Å²) in [6, 6.07) is 4.88. The zero-order valence-corrected chi connectivity index (χ0v) is 10.8. The fourth-order valence-corrected chi connectivity index (χ4v) is 2.10. The highest BCUT2D eigenvalue weighted by Crippen LogP contribution is 2.24. The summed E-state index contributed by atoms with van der Waals surface area (Å²) in [6.07, 6.45) is 0. The number of hydrogen-bond acceptors (Lipinski definition) is 5. The minimum atomic E-state index is -1.38. The van der Waals surface area contributed by atoms with Gasteiger partial charge in [0.25, 0.3) is 11.8 Å². The third-order valence-electron chi connectivity index (χ3n) is 2.78. The Morgan fingerprint density at radius 1 is 1.26 bits per heavy atom. The van der Waals surface area contributed by atoms with E-state index < -0.39 is 23.8 Å². The van der Waals surface area contributed by atoms with Crippen molar-refractivity contribution in [2.24, 2.45) is 5.73 Å². The predicted octanol–water partition coefficient (Wildman–Crippen LogP) is 0.110. The fourth-order valence-electron chi connectivity index (χ4n) is 1.90. The normalized spacial score (nSPS) is 15.1. The van der Waals surface area contributed by atoms with E-state index >= 15 is 0 Å². The van der Waals surface area contributed by atoms with Crippen molar-refractivity contribution in [2.75, 3.05) is 7.11 Å². The van der Waals surface area contributed by atoms with Gasteiger partial charge in [-0.2, -0.15) is 0 Å². The highest BCUT2D eigenvalue weighted by Gasteiger charge is 2.44. The molecule has 0 bridgehead atoms. The molecule has 0 aromatic heterocycles. The summed E-state index contributed by atoms with van der Waals surface area (Å²) in [4.78, 5) is 36.4. The molecule has 7 heteroatoms. The SMILES string of the molecule is COC(=O)C(C(N)=S)N1C(=O)c2ccccc2C1=O. The lowest BCUT2D eigenvalue weighted by molar-refractivity contribution is -0.142. The number of benzene rings is 1. The van der Waals surface area contributed by atoms with E-state index in [0.29, 0.717) is 0 Å². The first-order valence-corrected chi connectivity index (χ1v) is 5.74. The standard InChI is InChI=1S/C12H10N2O4S/c1-18-12(17)8(9(13)19)14-10(15)6-4-2-3-5-7(6)11(14)16/h2-5,8H,1H3,(H2,13,19). The summed E-state index contributed by atoms with van der Waals surface area (Å²) in [5.41, 5.74) is 5.88. The van der Waals surface area contributed by atoms with Crippen molar-refractivity contribution < 1.29 is 19.1 Å². The Kier molecular flexibility index (Phi) is 3.30. The van der Waals surface area contributed by atoms with Gasteiger partial charge in [0.15, 0.2) is 6.04 Å². The number of nitrogens with two attached hydrogens (primary N) is 1. The quantitative estimate of drug-likeness (QED) is 0.479. The summed E-state index contributed by atoms with van der Waals surface area (Å²) < 4.78 is 4.53. The second-order valence-corrected chi connectivity index (χ2v) is 4.33. The molecule has 0 fully saturated rings. The number of ether oxygens (including phenoxy) is 1. The number of carbonyl (C=O) groups is 3. The van der Waals surface area contributed by atoms with Gasteiger partial charge in [0.05, 0.1) is 18.2 Å². The van der Waals surface area contributed by atoms with Crippen molar-refractivity contribution in [3.63, 3.8) is 0 Å². The molecule has 1 aliphatic rings. The molecule has 1 aliphatic heterocycles. The molecule has 2 amide bonds. The highest BCUT2D eigenvalue weighted by molar-refractivity contribution is 7.80. The molecule has 1 aromatic rings. The van der Waals surface area contributed by atoms with Crippen LogP contribution in [0, 0.1) is 0 Å². The smallest absolute Gasteiger partial charge is 0.336 e. The third-order valence-corrected chi connectivity index (χ3v) is 3.00. The van der Waals surface area contributed by atoms with E-state index in [-0.39, 0.29) is 16.1 Å². The number of amides is 2. The number of fused-ring (bicyclic) bond motifs is 1. The zero-order valence-electron chi connectivity index (χ0n) is 9.95. The van der Waals surface area contributed by atoms with Crippen LogP contribution in [0.25, 0.3) is 0 Å². The lowest BCUT2D eigenvalue weighted by Gasteiger charge is -2.22. The van der Waals surface area contributed by atoms with Crippen LogP contribution in [-0.4, -0.2) is 40.8 Å². The molecular weight excluding hydrogens is 268 g/mol. The Balaban J connectivity index is 2.48. The Morgan fingerprint density at radius 2 is 1.74 bits per heavy atom. The van der Waals surface area contributed by atoms with E-state index in [0.717, 1.165) is 12.0 Å². The van der Waals surface area contributed by atoms with Gasteiger partial charge in [-0.3, -0.25) is 14.5 Å². The van der Waals surface area contributed by atoms with Crippen molar-refractivity contribution in [1.29, 1.82) is 0 Å². The lowest BCUT2D eigenvalue weighted by Crippen LogP contribution is -2.52. The molecule has 0 saturated heterocycles. The van der Waals surface area contributed by atoms with Crippen molar-refractivity contribution in [3.8, 4) is 0 Å². The van der Waals surface area contributed by atoms with Crippen molar-refractivity contribution in [2.45, 2.75) is 6.04 Å². The van der Waals surface area contributed by atoms with Crippen LogP contribution in [0.15, 0.2) is 24.3 Å². The van der Waals surface area contributed by atoms with Gasteiger partial charge in [-0.25, -0.2) is 4.79 Å². The number of methoxy groups -OCH3 is 1. The van der Waals surface area contributed by atoms with Crippen LogP contribution in [0.5, 0.6) is 0 Å². The highest BCUT2D eigenvalue weighted by atomic mass is 32.1. The van der Waals surface area contributed by atoms with Crippen molar-refractivity contribution in [3.05, 3.63) is 35.4 Å². The summed E-state index contributed by atoms with van der Waals surface area (Å²) in [5, 5.41) is 0. The van der Waals surface area contributed by atoms with Crippen molar-refractivity contribution >= 4 is 35.0 Å². The average Bonchev–Trinajstić information content (AvgIpc) is 2.64. The summed E-state index contributed by atoms with van der Waals surface area (Å²) in [5.74, 6) is -2.06. The Hall–Kier alpha value is -2.28. The Bertz CT molecular complexity index is 564. The molecule has 0 saturated carbocycles. The maximum Gasteiger partial charge on any atom is 0.336 e. The van der Waals surface area contributed by atoms with E-state index in [1.165, 1.54) is 12.1 Å². The molecule has 1 atom stereocenters. The van der Waals surface area contributed by atoms with Gasteiger partial charge in [-0.15, -0.1) is 0 Å². The van der Waals surface area contributed by atoms with Gasteiger partial charge < -0.3 is 10.5 Å². The van der Waals surface area contributed by atoms with E-state index in [1.54, 1.807) is 12.1 Å². The first kappa shape index (κ1) is 13.2. The van der Waals surface area contributed by atoms with Crippen LogP contribution in [-0.2, 0) is 9.53 Å². The molecule has 19 heavy (non-hydrogen) atoms. The monoisotopic (exact) mass is 278 g/mol. The molecule has 0 aliphatic carbocycles. The van der Waals surface area contributed by atoms with Crippen LogP contribution in [0.2, 0.25) is 0 Å². The molecule has 0 radical (unpaired) electrons. The molecular formula is C12H10N2O4S. The van der Waals surface area contributed by atoms with Gasteiger partial charge in [-0.05, 0) is 12.1 Å². The van der Waals surface area contributed by atoms with Gasteiger partial charge in [-0.1, -0.05) is 24.4 Å². The minimum Gasteiger partial charge on any atom is -0.467 e. The fraction of sp³-hybridized carbons (Fsp3) is 0.167. The van der Waals surface area contributed by atoms with Crippen LogP contribution in [0.3, 0.4) is 0 Å². The molecule has 2 rings (SSSR count). The number of nitrogens with zero attached hydrogens (tertiary/aromatic N) is 1. The number of hydrogen-bond donors (Lipinski definition) is 1. The van der Waals surface area contributed by atoms with E-state index in [9.17, 15) is 14.4 Å². The van der Waals surface area contributed by atoms with E-state index in [4.69, 9.17) is 18.0 Å². The molecule has 1 aromatic carbocycles. The second-order valence-electron chi connectivity index (χ2n) is 3.85. The molecule has 6 nitrogen and oxygen atoms in total. The number of thiocarbonyl (C=S) groups is 1. The average molecular weight is 278 g/mol. The van der Waals surface area contributed by atoms with Crippen LogP contribution < -0.4 is 5.73 Å². The third kappa shape index (κ3) is 1.97. The minimum absolute atomic E-state index is 0.220. The Morgan fingerprint density at radius 3 is 2.11 bits per heavy atom. The maximum atomic E-state index is 12.2. The van der Waals surface area contributed by atoms with Crippen LogP contribution in [0.4, 0.5) is 0 Å². The van der Waals surface area contributed by atoms with Gasteiger partial charge >= 0.3 is 5.97 Å². The van der Waals surface area contributed by atoms with Gasteiger partial charge in [0.2, 0.25) is 0 Å². The maximum absolute atomic E-state index is 12.2. The largest absolute Gasteiger partial charge is 0.467 e. The summed E-state index contributed by atoms with van der Waals surface area (Å²) >= 11 is 4.74. The van der Waals surface area contributed by atoms with Crippen LogP contribution >= 0.6 is 12.2 Å². The molecule has 1 heterocycles. The van der Waals surface area contributed by atoms with Gasteiger partial charge in [0, 0.05) is 0 Å². The van der Waals surface area contributed by atoms with E-state index in [2.05, 4.69) is 4.74 Å². The summed E-state index contributed by atoms with van der Waals surface area (Å²) in [7, 11) is 1.13. The number of imide groups is 1. The van der Waals surface area contributed by atoms with Crippen molar-refractivity contribution in [1.82, 2.24) is 4.90 Å². The summed E-state index contributed by atoms with van der Waals surface area (Å²) in [6.45, 7) is 0. The molecule has 0 spiro atoms. The predicted molar refractivity (Wildman–Crippen MR) is 69.5 cm³/mol. The van der Waals surface area contributed by atoms with Gasteiger partial charge in [0.1, 0.15) is 4.99 Å². The number of carbonyl (C=O) groups excluding carboxylic acids is 3. The zero-order chi connectivity index (χ0) is 14.2. The first-order valence-electron chi connectivity index (χ1n) is 5.33. The number of esters is 1. The van der Waals surface area contributed by atoms with Crippen LogP contribution in [0.1, 0.15) is 20.7 Å². The topological polar surface area (TPSA) is 89.7 Å². The Labute approximate surface area is 114 Å². The second kappa shape index (κ2) is 4.77.